The van der Waals surface area contributed by atoms with Gasteiger partial charge in [0.25, 0.3) is 0 Å². The highest BCUT2D eigenvalue weighted by molar-refractivity contribution is 5.77. The van der Waals surface area contributed by atoms with Crippen molar-refractivity contribution in [2.45, 2.75) is 33.6 Å². The van der Waals surface area contributed by atoms with Gasteiger partial charge in [-0.1, -0.05) is 27.7 Å². The van der Waals surface area contributed by atoms with Crippen LogP contribution in [0, 0.1) is 0 Å². The fourth-order valence-electron chi connectivity index (χ4n) is 1.38. The molecule has 0 fully saturated rings. The fourth-order valence-corrected chi connectivity index (χ4v) is 1.38. The van der Waals surface area contributed by atoms with Crippen LogP contribution in [0.4, 0.5) is 0 Å². The predicted octanol–water partition coefficient (Wildman–Crippen LogP) is 3.17. The zero-order chi connectivity index (χ0) is 11.3. The van der Waals surface area contributed by atoms with Crippen LogP contribution in [0.3, 0.4) is 0 Å². The molecule has 0 saturated heterocycles. The number of hydrogen-bond acceptors (Lipinski definition) is 3. The number of hydrogen-bond donors (Lipinski definition) is 0. The van der Waals surface area contributed by atoms with E-state index < -0.39 is 0 Å². The van der Waals surface area contributed by atoms with Gasteiger partial charge in [0.2, 0.25) is 0 Å². The van der Waals surface area contributed by atoms with Gasteiger partial charge in [0.05, 0.1) is 5.69 Å². The van der Waals surface area contributed by atoms with Crippen LogP contribution >= 0.6 is 0 Å². The Labute approximate surface area is 90.6 Å². The number of nitrogens with zero attached hydrogens (tertiary/aromatic N) is 3. The van der Waals surface area contributed by atoms with Crippen molar-refractivity contribution in [1.29, 1.82) is 0 Å². The first-order chi connectivity index (χ1) is 7.29. The van der Waals surface area contributed by atoms with Crippen molar-refractivity contribution in [3.8, 4) is 0 Å². The molecule has 2 heterocycles. The summed E-state index contributed by atoms with van der Waals surface area (Å²) in [6.07, 6.45) is 3.32. The van der Waals surface area contributed by atoms with Crippen LogP contribution in [-0.4, -0.2) is 15.0 Å². The van der Waals surface area contributed by atoms with Gasteiger partial charge < -0.3 is 0 Å². The van der Waals surface area contributed by atoms with Crippen LogP contribution in [-0.2, 0) is 0 Å². The molecule has 0 aliphatic rings. The lowest BCUT2D eigenvalue weighted by molar-refractivity contribution is 0.827. The molecule has 0 spiro atoms. The normalized spacial score (nSPS) is 9.93. The molecule has 0 N–H and O–H groups in total. The topological polar surface area (TPSA) is 38.7 Å². The third-order valence-electron chi connectivity index (χ3n) is 1.99. The Hall–Kier alpha value is -1.51. The lowest BCUT2D eigenvalue weighted by Crippen LogP contribution is -1.96. The van der Waals surface area contributed by atoms with Gasteiger partial charge in [-0.2, -0.15) is 0 Å². The lowest BCUT2D eigenvalue weighted by Gasteiger charge is -2.05. The van der Waals surface area contributed by atoms with Crippen molar-refractivity contribution in [3.63, 3.8) is 0 Å². The van der Waals surface area contributed by atoms with Gasteiger partial charge in [0.1, 0.15) is 6.33 Å². The minimum Gasteiger partial charge on any atom is -0.240 e. The summed E-state index contributed by atoms with van der Waals surface area (Å²) < 4.78 is 0. The molecule has 3 heteroatoms. The number of aromatic nitrogens is 3. The first-order valence-corrected chi connectivity index (χ1v) is 5.34. The molecule has 2 aromatic heterocycles. The minimum absolute atomic E-state index is 0.412. The van der Waals surface area contributed by atoms with Crippen LogP contribution in [0.15, 0.2) is 24.7 Å². The van der Waals surface area contributed by atoms with Crippen molar-refractivity contribution < 1.29 is 0 Å². The molecule has 0 aromatic carbocycles. The summed E-state index contributed by atoms with van der Waals surface area (Å²) in [6.45, 7) is 8.24. The van der Waals surface area contributed by atoms with Crippen molar-refractivity contribution in [3.05, 3.63) is 30.4 Å². The van der Waals surface area contributed by atoms with Crippen LogP contribution in [0.1, 0.15) is 39.3 Å². The molecule has 0 bridgehead atoms. The molecule has 0 aliphatic carbocycles. The summed E-state index contributed by atoms with van der Waals surface area (Å²) in [7, 11) is 0. The monoisotopic (exact) mass is 203 g/mol. The Bertz CT molecular complexity index is 419. The summed E-state index contributed by atoms with van der Waals surface area (Å²) >= 11 is 0. The van der Waals surface area contributed by atoms with Gasteiger partial charge in [-0.05, 0) is 18.1 Å². The van der Waals surface area contributed by atoms with E-state index >= 15 is 0 Å². The molecule has 0 radical (unpaired) electrons. The SMILES string of the molecule is CC.CC(C)c1ncnc2ncccc12. The van der Waals surface area contributed by atoms with E-state index in [-0.39, 0.29) is 0 Å². The maximum Gasteiger partial charge on any atom is 0.162 e. The molecular formula is C12H17N3. The van der Waals surface area contributed by atoms with Crippen molar-refractivity contribution in [2.75, 3.05) is 0 Å². The van der Waals surface area contributed by atoms with Crippen molar-refractivity contribution in [1.82, 2.24) is 15.0 Å². The quantitative estimate of drug-likeness (QED) is 0.714. The smallest absolute Gasteiger partial charge is 0.162 e. The van der Waals surface area contributed by atoms with Crippen LogP contribution in [0.5, 0.6) is 0 Å². The van der Waals surface area contributed by atoms with E-state index in [0.29, 0.717) is 5.92 Å². The van der Waals surface area contributed by atoms with Gasteiger partial charge in [-0.25, -0.2) is 15.0 Å². The Morgan fingerprint density at radius 1 is 1.07 bits per heavy atom. The largest absolute Gasteiger partial charge is 0.240 e. The molecule has 0 unspecified atom stereocenters. The highest BCUT2D eigenvalue weighted by Crippen LogP contribution is 2.19. The summed E-state index contributed by atoms with van der Waals surface area (Å²) in [4.78, 5) is 12.5. The zero-order valence-electron chi connectivity index (χ0n) is 9.73. The van der Waals surface area contributed by atoms with E-state index in [2.05, 4.69) is 28.8 Å². The molecule has 15 heavy (non-hydrogen) atoms. The molecule has 2 aromatic rings. The molecule has 0 atom stereocenters. The maximum absolute atomic E-state index is 4.26. The average Bonchev–Trinajstić information content (AvgIpc) is 2.31. The second-order valence-corrected chi connectivity index (χ2v) is 3.29. The second-order valence-electron chi connectivity index (χ2n) is 3.29. The molecule has 3 nitrogen and oxygen atoms in total. The number of pyridine rings is 1. The highest BCUT2D eigenvalue weighted by atomic mass is 14.9. The lowest BCUT2D eigenvalue weighted by atomic mass is 10.1. The van der Waals surface area contributed by atoms with Crippen LogP contribution in [0.2, 0.25) is 0 Å². The molecule has 0 saturated carbocycles. The van der Waals surface area contributed by atoms with Crippen LogP contribution in [0.25, 0.3) is 11.0 Å². The standard InChI is InChI=1S/C10H11N3.C2H6/c1-7(2)9-8-4-3-5-11-10(8)13-6-12-9;1-2/h3-7H,1-2H3;1-2H3. The van der Waals surface area contributed by atoms with Gasteiger partial charge in [0.15, 0.2) is 5.65 Å². The molecule has 0 aliphatic heterocycles. The van der Waals surface area contributed by atoms with E-state index in [4.69, 9.17) is 0 Å². The van der Waals surface area contributed by atoms with Crippen molar-refractivity contribution in [2.24, 2.45) is 0 Å². The van der Waals surface area contributed by atoms with E-state index in [1.807, 2.05) is 26.0 Å². The first-order valence-electron chi connectivity index (χ1n) is 5.34. The summed E-state index contributed by atoms with van der Waals surface area (Å²) in [5, 5.41) is 1.06. The number of rotatable bonds is 1. The van der Waals surface area contributed by atoms with E-state index in [1.54, 1.807) is 12.5 Å². The first kappa shape index (κ1) is 11.6. The van der Waals surface area contributed by atoms with Gasteiger partial charge >= 0.3 is 0 Å². The molecule has 0 amide bonds. The Kier molecular flexibility index (Phi) is 4.16. The molecular weight excluding hydrogens is 186 g/mol. The predicted molar refractivity (Wildman–Crippen MR) is 62.8 cm³/mol. The van der Waals surface area contributed by atoms with Gasteiger partial charge in [-0.3, -0.25) is 0 Å². The third-order valence-corrected chi connectivity index (χ3v) is 1.99. The van der Waals surface area contributed by atoms with Crippen LogP contribution < -0.4 is 0 Å². The van der Waals surface area contributed by atoms with E-state index in [0.717, 1.165) is 16.7 Å². The maximum atomic E-state index is 4.26. The third kappa shape index (κ3) is 2.49. The Morgan fingerprint density at radius 2 is 1.80 bits per heavy atom. The van der Waals surface area contributed by atoms with Gasteiger partial charge in [-0.15, -0.1) is 0 Å². The number of fused-ring (bicyclic) bond motifs is 1. The summed E-state index contributed by atoms with van der Waals surface area (Å²) in [6, 6.07) is 3.93. The summed E-state index contributed by atoms with van der Waals surface area (Å²) in [5.41, 5.74) is 1.85. The average molecular weight is 203 g/mol. The molecule has 80 valence electrons. The Balaban J connectivity index is 0.000000531. The minimum atomic E-state index is 0.412. The highest BCUT2D eigenvalue weighted by Gasteiger charge is 2.06. The second kappa shape index (κ2) is 5.39. The van der Waals surface area contributed by atoms with Crippen molar-refractivity contribution >= 4 is 11.0 Å². The van der Waals surface area contributed by atoms with E-state index in [9.17, 15) is 0 Å². The Morgan fingerprint density at radius 3 is 2.47 bits per heavy atom. The fraction of sp³-hybridized carbons (Fsp3) is 0.417. The summed E-state index contributed by atoms with van der Waals surface area (Å²) in [5.74, 6) is 0.412. The molecule has 2 rings (SSSR count). The zero-order valence-corrected chi connectivity index (χ0v) is 9.73. The van der Waals surface area contributed by atoms with E-state index in [1.165, 1.54) is 0 Å². The van der Waals surface area contributed by atoms with Gasteiger partial charge in [0, 0.05) is 11.6 Å².